The molecular weight excluding hydrogens is 360 g/mol. The Morgan fingerprint density at radius 2 is 1.54 bits per heavy atom. The fraction of sp³-hybridized carbons (Fsp3) is 0.381. The van der Waals surface area contributed by atoms with Crippen LogP contribution in [0.2, 0.25) is 0 Å². The third kappa shape index (κ3) is 4.79. The van der Waals surface area contributed by atoms with Gasteiger partial charge in [0.05, 0.1) is 11.7 Å². The van der Waals surface area contributed by atoms with Crippen molar-refractivity contribution in [3.63, 3.8) is 0 Å². The number of hydrogen-bond donors (Lipinski definition) is 3. The van der Waals surface area contributed by atoms with E-state index < -0.39 is 11.4 Å². The molecule has 0 bridgehead atoms. The lowest BCUT2D eigenvalue weighted by Gasteiger charge is -2.27. The molecule has 1 aliphatic carbocycles. The van der Waals surface area contributed by atoms with Gasteiger partial charge >= 0.3 is 5.97 Å². The number of anilines is 2. The van der Waals surface area contributed by atoms with Gasteiger partial charge in [0.2, 0.25) is 5.91 Å². The summed E-state index contributed by atoms with van der Waals surface area (Å²) in [7, 11) is 0. The van der Waals surface area contributed by atoms with E-state index in [0.717, 1.165) is 25.7 Å². The predicted molar refractivity (Wildman–Crippen MR) is 104 cm³/mol. The van der Waals surface area contributed by atoms with Crippen LogP contribution in [0.15, 0.2) is 47.1 Å². The van der Waals surface area contributed by atoms with Gasteiger partial charge in [-0.15, -0.1) is 0 Å². The number of benzene rings is 1. The van der Waals surface area contributed by atoms with E-state index >= 15 is 0 Å². The first kappa shape index (κ1) is 19.7. The maximum Gasteiger partial charge on any atom is 0.310 e. The average molecular weight is 384 g/mol. The number of carbonyl (C=O) groups is 3. The number of carboxylic acids is 1. The summed E-state index contributed by atoms with van der Waals surface area (Å²) in [6.07, 6.45) is 6.17. The van der Waals surface area contributed by atoms with Crippen LogP contribution in [0.3, 0.4) is 0 Å². The summed E-state index contributed by atoms with van der Waals surface area (Å²) in [5.74, 6) is -1.35. The van der Waals surface area contributed by atoms with Crippen molar-refractivity contribution in [2.45, 2.75) is 44.9 Å². The molecule has 0 spiro atoms. The Hall–Kier alpha value is -3.09. The van der Waals surface area contributed by atoms with Crippen molar-refractivity contribution in [2.24, 2.45) is 5.41 Å². The molecule has 28 heavy (non-hydrogen) atoms. The molecule has 1 saturated carbocycles. The topological polar surface area (TPSA) is 109 Å². The van der Waals surface area contributed by atoms with E-state index in [1.807, 2.05) is 0 Å². The fourth-order valence-corrected chi connectivity index (χ4v) is 3.62. The van der Waals surface area contributed by atoms with Crippen LogP contribution >= 0.6 is 0 Å². The van der Waals surface area contributed by atoms with Gasteiger partial charge in [-0.2, -0.15) is 0 Å². The number of amides is 2. The van der Waals surface area contributed by atoms with Gasteiger partial charge < -0.3 is 20.2 Å². The van der Waals surface area contributed by atoms with Gasteiger partial charge in [-0.25, -0.2) is 0 Å². The van der Waals surface area contributed by atoms with Crippen LogP contribution in [0, 0.1) is 5.41 Å². The SMILES string of the molecule is O=C(CC1(C(=O)O)CCCCCC1)Nc1ccc(NC(=O)c2ccco2)cc1. The molecule has 0 atom stereocenters. The van der Waals surface area contributed by atoms with Crippen LogP contribution in [0.4, 0.5) is 11.4 Å². The Morgan fingerprint density at radius 3 is 2.07 bits per heavy atom. The highest BCUT2D eigenvalue weighted by molar-refractivity contribution is 6.02. The van der Waals surface area contributed by atoms with Crippen LogP contribution < -0.4 is 10.6 Å². The monoisotopic (exact) mass is 384 g/mol. The van der Waals surface area contributed by atoms with E-state index in [1.165, 1.54) is 6.26 Å². The van der Waals surface area contributed by atoms with Crippen molar-refractivity contribution in [1.29, 1.82) is 0 Å². The van der Waals surface area contributed by atoms with Gasteiger partial charge in [0, 0.05) is 17.8 Å². The largest absolute Gasteiger partial charge is 0.481 e. The number of furan rings is 1. The number of carbonyl (C=O) groups excluding carboxylic acids is 2. The van der Waals surface area contributed by atoms with Gasteiger partial charge in [0.15, 0.2) is 5.76 Å². The van der Waals surface area contributed by atoms with E-state index in [4.69, 9.17) is 4.42 Å². The molecule has 1 aliphatic rings. The minimum Gasteiger partial charge on any atom is -0.481 e. The smallest absolute Gasteiger partial charge is 0.310 e. The van der Waals surface area contributed by atoms with Gasteiger partial charge in [-0.1, -0.05) is 25.7 Å². The Labute approximate surface area is 163 Å². The van der Waals surface area contributed by atoms with Crippen molar-refractivity contribution >= 4 is 29.2 Å². The zero-order chi connectivity index (χ0) is 20.0. The number of carboxylic acid groups (broad SMARTS) is 1. The molecule has 1 heterocycles. The van der Waals surface area contributed by atoms with E-state index in [9.17, 15) is 19.5 Å². The first-order valence-electron chi connectivity index (χ1n) is 9.47. The summed E-state index contributed by atoms with van der Waals surface area (Å²) in [5.41, 5.74) is 0.137. The van der Waals surface area contributed by atoms with Crippen molar-refractivity contribution < 1.29 is 23.9 Å². The first-order valence-corrected chi connectivity index (χ1v) is 9.47. The molecule has 1 aromatic heterocycles. The molecular formula is C21H24N2O5. The molecule has 3 N–H and O–H groups in total. The van der Waals surface area contributed by atoms with E-state index in [1.54, 1.807) is 36.4 Å². The van der Waals surface area contributed by atoms with Gasteiger partial charge in [-0.3, -0.25) is 14.4 Å². The Morgan fingerprint density at radius 1 is 0.929 bits per heavy atom. The Bertz CT molecular complexity index is 819. The number of rotatable bonds is 6. The van der Waals surface area contributed by atoms with Crippen LogP contribution in [0.25, 0.3) is 0 Å². The van der Waals surface area contributed by atoms with Gasteiger partial charge in [-0.05, 0) is 49.2 Å². The standard InChI is InChI=1S/C21H24N2O5/c24-18(14-21(20(26)27)11-3-1-2-4-12-21)22-15-7-9-16(10-8-15)23-19(25)17-6-5-13-28-17/h5-10,13H,1-4,11-12,14H2,(H,22,24)(H,23,25)(H,26,27). The summed E-state index contributed by atoms with van der Waals surface area (Å²) in [6.45, 7) is 0. The van der Waals surface area contributed by atoms with Gasteiger partial charge in [0.1, 0.15) is 0 Å². The first-order chi connectivity index (χ1) is 13.5. The summed E-state index contributed by atoms with van der Waals surface area (Å²) in [5, 5.41) is 15.2. The average Bonchev–Trinajstić information content (AvgIpc) is 3.10. The van der Waals surface area contributed by atoms with Crippen molar-refractivity contribution in [3.8, 4) is 0 Å². The van der Waals surface area contributed by atoms with Crippen LogP contribution in [0.5, 0.6) is 0 Å². The summed E-state index contributed by atoms with van der Waals surface area (Å²) < 4.78 is 5.04. The van der Waals surface area contributed by atoms with Crippen LogP contribution in [-0.2, 0) is 9.59 Å². The molecule has 1 fully saturated rings. The van der Waals surface area contributed by atoms with Crippen molar-refractivity contribution in [3.05, 3.63) is 48.4 Å². The van der Waals surface area contributed by atoms with E-state index in [-0.39, 0.29) is 24.0 Å². The molecule has 0 radical (unpaired) electrons. The highest BCUT2D eigenvalue weighted by Gasteiger charge is 2.40. The van der Waals surface area contributed by atoms with E-state index in [2.05, 4.69) is 10.6 Å². The zero-order valence-corrected chi connectivity index (χ0v) is 15.6. The second-order valence-electron chi connectivity index (χ2n) is 7.23. The minimum atomic E-state index is -0.975. The zero-order valence-electron chi connectivity index (χ0n) is 15.6. The van der Waals surface area contributed by atoms with Crippen LogP contribution in [-0.4, -0.2) is 22.9 Å². The molecule has 0 unspecified atom stereocenters. The highest BCUT2D eigenvalue weighted by Crippen LogP contribution is 2.38. The second kappa shape index (κ2) is 8.73. The summed E-state index contributed by atoms with van der Waals surface area (Å²) >= 11 is 0. The quantitative estimate of drug-likeness (QED) is 0.644. The minimum absolute atomic E-state index is 0.0285. The number of aliphatic carboxylic acids is 1. The fourth-order valence-electron chi connectivity index (χ4n) is 3.62. The number of nitrogens with one attached hydrogen (secondary N) is 2. The third-order valence-corrected chi connectivity index (χ3v) is 5.18. The van der Waals surface area contributed by atoms with E-state index in [0.29, 0.717) is 24.2 Å². The maximum atomic E-state index is 12.5. The lowest BCUT2D eigenvalue weighted by Crippen LogP contribution is -2.35. The molecule has 2 amide bonds. The summed E-state index contributed by atoms with van der Waals surface area (Å²) in [4.78, 5) is 36.3. The Balaban J connectivity index is 1.59. The maximum absolute atomic E-state index is 12.5. The molecule has 2 aromatic rings. The lowest BCUT2D eigenvalue weighted by atomic mass is 9.77. The molecule has 0 saturated heterocycles. The molecule has 148 valence electrons. The summed E-state index contributed by atoms with van der Waals surface area (Å²) in [6, 6.07) is 9.85. The molecule has 7 nitrogen and oxygen atoms in total. The van der Waals surface area contributed by atoms with Crippen molar-refractivity contribution in [1.82, 2.24) is 0 Å². The number of hydrogen-bond acceptors (Lipinski definition) is 4. The highest BCUT2D eigenvalue weighted by atomic mass is 16.4. The molecule has 1 aromatic carbocycles. The van der Waals surface area contributed by atoms with Crippen LogP contribution in [0.1, 0.15) is 55.5 Å². The lowest BCUT2D eigenvalue weighted by molar-refractivity contribution is -0.152. The normalized spacial score (nSPS) is 16.0. The second-order valence-corrected chi connectivity index (χ2v) is 7.23. The van der Waals surface area contributed by atoms with Crippen molar-refractivity contribution in [2.75, 3.05) is 10.6 Å². The molecule has 0 aliphatic heterocycles. The third-order valence-electron chi connectivity index (χ3n) is 5.18. The molecule has 7 heteroatoms. The van der Waals surface area contributed by atoms with Gasteiger partial charge in [0.25, 0.3) is 5.91 Å². The predicted octanol–water partition coefficient (Wildman–Crippen LogP) is 4.29. The molecule has 3 rings (SSSR count). The Kier molecular flexibility index (Phi) is 6.13.